The van der Waals surface area contributed by atoms with Crippen molar-refractivity contribution in [1.29, 1.82) is 0 Å². The standard InChI is InChI=1S/C25H20BrN3O7/c1-34-19-12-17(18(29(32)33)13-20(19)35-2)22-21-23(36-28(22)16-6-4-3-5-7-16)25(31)27(24(21)30)15-10-8-14(26)9-11-15/h3-13,21-23H,1-2H3/t21-,22-,23-/m0/s1. The van der Waals surface area contributed by atoms with E-state index in [9.17, 15) is 19.7 Å². The fourth-order valence-corrected chi connectivity index (χ4v) is 4.92. The number of hydrogen-bond acceptors (Lipinski definition) is 8. The van der Waals surface area contributed by atoms with Crippen LogP contribution in [-0.2, 0) is 14.4 Å². The van der Waals surface area contributed by atoms with Crippen molar-refractivity contribution in [1.82, 2.24) is 0 Å². The highest BCUT2D eigenvalue weighted by Crippen LogP contribution is 2.51. The molecule has 2 fully saturated rings. The number of carbonyl (C=O) groups is 2. The lowest BCUT2D eigenvalue weighted by molar-refractivity contribution is -0.385. The van der Waals surface area contributed by atoms with Crippen LogP contribution >= 0.6 is 15.9 Å². The van der Waals surface area contributed by atoms with Gasteiger partial charge in [-0.3, -0.25) is 24.5 Å². The molecule has 0 radical (unpaired) electrons. The highest BCUT2D eigenvalue weighted by atomic mass is 79.9. The van der Waals surface area contributed by atoms with Crippen molar-refractivity contribution in [3.8, 4) is 11.5 Å². The zero-order valence-electron chi connectivity index (χ0n) is 19.2. The van der Waals surface area contributed by atoms with Crippen LogP contribution in [0.4, 0.5) is 17.1 Å². The number of nitro benzene ring substituents is 1. The second kappa shape index (κ2) is 9.25. The number of hydrogen-bond donors (Lipinski definition) is 0. The van der Waals surface area contributed by atoms with Crippen molar-refractivity contribution in [3.63, 3.8) is 0 Å². The second-order valence-corrected chi connectivity index (χ2v) is 9.09. The molecular formula is C25H20BrN3O7. The van der Waals surface area contributed by atoms with E-state index in [1.54, 1.807) is 54.6 Å². The van der Waals surface area contributed by atoms with Gasteiger partial charge in [-0.2, -0.15) is 0 Å². The lowest BCUT2D eigenvalue weighted by atomic mass is 9.89. The maximum absolute atomic E-state index is 13.8. The van der Waals surface area contributed by atoms with Crippen LogP contribution in [-0.4, -0.2) is 37.1 Å². The maximum Gasteiger partial charge on any atom is 0.278 e. The number of fused-ring (bicyclic) bond motifs is 1. The van der Waals surface area contributed by atoms with E-state index in [0.717, 1.165) is 9.37 Å². The molecule has 0 aliphatic carbocycles. The Kier molecular flexibility index (Phi) is 6.10. The van der Waals surface area contributed by atoms with E-state index in [1.165, 1.54) is 31.4 Å². The number of hydroxylamine groups is 1. The Bertz CT molecular complexity index is 1350. The summed E-state index contributed by atoms with van der Waals surface area (Å²) >= 11 is 3.35. The van der Waals surface area contributed by atoms with E-state index in [4.69, 9.17) is 14.3 Å². The van der Waals surface area contributed by atoms with E-state index in [0.29, 0.717) is 11.4 Å². The first-order valence-corrected chi connectivity index (χ1v) is 11.7. The van der Waals surface area contributed by atoms with Gasteiger partial charge < -0.3 is 9.47 Å². The van der Waals surface area contributed by atoms with Crippen LogP contribution in [0, 0.1) is 16.0 Å². The van der Waals surface area contributed by atoms with E-state index in [2.05, 4.69) is 15.9 Å². The summed E-state index contributed by atoms with van der Waals surface area (Å²) in [5.41, 5.74) is 0.799. The van der Waals surface area contributed by atoms with Gasteiger partial charge >= 0.3 is 0 Å². The molecule has 184 valence electrons. The fraction of sp³-hybridized carbons (Fsp3) is 0.200. The summed E-state index contributed by atoms with van der Waals surface area (Å²) in [5.74, 6) is -1.69. The molecule has 36 heavy (non-hydrogen) atoms. The van der Waals surface area contributed by atoms with Gasteiger partial charge in [-0.25, -0.2) is 9.96 Å². The minimum Gasteiger partial charge on any atom is -0.493 e. The molecule has 3 aromatic carbocycles. The third kappa shape index (κ3) is 3.76. The highest BCUT2D eigenvalue weighted by molar-refractivity contribution is 9.10. The predicted molar refractivity (Wildman–Crippen MR) is 133 cm³/mol. The number of nitro groups is 1. The Morgan fingerprint density at radius 3 is 2.17 bits per heavy atom. The molecule has 0 saturated carbocycles. The third-order valence-electron chi connectivity index (χ3n) is 6.26. The van der Waals surface area contributed by atoms with Crippen LogP contribution in [0.15, 0.2) is 71.2 Å². The third-order valence-corrected chi connectivity index (χ3v) is 6.79. The van der Waals surface area contributed by atoms with Crippen LogP contribution < -0.4 is 19.4 Å². The largest absolute Gasteiger partial charge is 0.493 e. The topological polar surface area (TPSA) is 111 Å². The minimum atomic E-state index is -1.17. The number of halogens is 1. The lowest BCUT2D eigenvalue weighted by Crippen LogP contribution is -2.37. The number of methoxy groups -OCH3 is 2. The number of para-hydroxylation sites is 1. The number of carbonyl (C=O) groups excluding carboxylic acids is 2. The second-order valence-electron chi connectivity index (χ2n) is 8.17. The van der Waals surface area contributed by atoms with Gasteiger partial charge in [0.1, 0.15) is 12.0 Å². The number of rotatable bonds is 6. The smallest absolute Gasteiger partial charge is 0.278 e. The van der Waals surface area contributed by atoms with Crippen LogP contribution in [0.3, 0.4) is 0 Å². The molecular weight excluding hydrogens is 534 g/mol. The first-order valence-electron chi connectivity index (χ1n) is 10.9. The Labute approximate surface area is 214 Å². The van der Waals surface area contributed by atoms with Crippen molar-refractivity contribution < 1.29 is 28.8 Å². The molecule has 0 N–H and O–H groups in total. The van der Waals surface area contributed by atoms with E-state index >= 15 is 0 Å². The normalized spacial score (nSPS) is 21.0. The first kappa shape index (κ1) is 23.8. The fourth-order valence-electron chi connectivity index (χ4n) is 4.65. The van der Waals surface area contributed by atoms with Gasteiger partial charge in [-0.15, -0.1) is 0 Å². The predicted octanol–water partition coefficient (Wildman–Crippen LogP) is 4.43. The van der Waals surface area contributed by atoms with Gasteiger partial charge in [0.2, 0.25) is 5.91 Å². The monoisotopic (exact) mass is 553 g/mol. The number of anilines is 2. The molecule has 0 unspecified atom stereocenters. The Balaban J connectivity index is 1.68. The molecule has 3 atom stereocenters. The van der Waals surface area contributed by atoms with E-state index in [1.807, 2.05) is 0 Å². The summed E-state index contributed by atoms with van der Waals surface area (Å²) < 4.78 is 11.4. The van der Waals surface area contributed by atoms with Gasteiger partial charge in [0.05, 0.1) is 42.1 Å². The molecule has 2 saturated heterocycles. The molecule has 3 aromatic rings. The Morgan fingerprint density at radius 1 is 0.917 bits per heavy atom. The molecule has 0 spiro atoms. The molecule has 0 bridgehead atoms. The summed E-state index contributed by atoms with van der Waals surface area (Å²) in [5, 5.41) is 13.5. The molecule has 2 aliphatic rings. The number of nitrogens with zero attached hydrogens (tertiary/aromatic N) is 3. The summed E-state index contributed by atoms with van der Waals surface area (Å²) in [7, 11) is 2.79. The number of amides is 2. The van der Waals surface area contributed by atoms with Gasteiger partial charge in [-0.1, -0.05) is 34.1 Å². The van der Waals surface area contributed by atoms with Crippen molar-refractivity contribution in [2.75, 3.05) is 24.2 Å². The number of ether oxygens (including phenoxy) is 2. The average Bonchev–Trinajstić information content (AvgIpc) is 3.40. The Morgan fingerprint density at radius 2 is 1.56 bits per heavy atom. The summed E-state index contributed by atoms with van der Waals surface area (Å²) in [6, 6.07) is 17.3. The summed E-state index contributed by atoms with van der Waals surface area (Å²) in [4.78, 5) is 45.9. The molecule has 11 heteroatoms. The number of imide groups is 1. The average molecular weight is 554 g/mol. The molecule has 0 aromatic heterocycles. The van der Waals surface area contributed by atoms with Gasteiger partial charge in [-0.05, 0) is 42.5 Å². The molecule has 2 amide bonds. The van der Waals surface area contributed by atoms with Crippen molar-refractivity contribution in [2.45, 2.75) is 12.1 Å². The van der Waals surface area contributed by atoms with Crippen LogP contribution in [0.2, 0.25) is 0 Å². The maximum atomic E-state index is 13.8. The van der Waals surface area contributed by atoms with Gasteiger partial charge in [0.25, 0.3) is 11.6 Å². The van der Waals surface area contributed by atoms with E-state index in [-0.39, 0.29) is 22.7 Å². The molecule has 10 nitrogen and oxygen atoms in total. The quantitative estimate of drug-likeness (QED) is 0.250. The number of benzene rings is 3. The Hall–Kier alpha value is -3.96. The van der Waals surface area contributed by atoms with Crippen molar-refractivity contribution in [2.24, 2.45) is 5.92 Å². The van der Waals surface area contributed by atoms with Gasteiger partial charge in [0, 0.05) is 4.47 Å². The molecule has 2 aliphatic heterocycles. The zero-order valence-corrected chi connectivity index (χ0v) is 20.7. The SMILES string of the molecule is COc1cc([C@H]2[C@@H]3C(=O)N(c4ccc(Br)cc4)C(=O)[C@H]3ON2c2ccccc2)c([N+](=O)[O-])cc1OC. The highest BCUT2D eigenvalue weighted by Gasteiger charge is 2.61. The lowest BCUT2D eigenvalue weighted by Gasteiger charge is -2.29. The molecule has 2 heterocycles. The van der Waals surface area contributed by atoms with E-state index < -0.39 is 34.8 Å². The molecule has 5 rings (SSSR count). The van der Waals surface area contributed by atoms with Crippen molar-refractivity contribution >= 4 is 44.8 Å². The van der Waals surface area contributed by atoms with Gasteiger partial charge in [0.15, 0.2) is 17.6 Å². The summed E-state index contributed by atoms with van der Waals surface area (Å²) in [6.45, 7) is 0. The zero-order chi connectivity index (χ0) is 25.6. The van der Waals surface area contributed by atoms with Crippen LogP contribution in [0.5, 0.6) is 11.5 Å². The minimum absolute atomic E-state index is 0.160. The van der Waals surface area contributed by atoms with Crippen LogP contribution in [0.25, 0.3) is 0 Å². The van der Waals surface area contributed by atoms with Crippen molar-refractivity contribution in [3.05, 3.63) is 86.9 Å². The first-order chi connectivity index (χ1) is 17.3. The van der Waals surface area contributed by atoms with Crippen LogP contribution in [0.1, 0.15) is 11.6 Å². The summed E-state index contributed by atoms with van der Waals surface area (Å²) in [6.07, 6.45) is -1.17.